The van der Waals surface area contributed by atoms with Crippen molar-refractivity contribution in [2.75, 3.05) is 20.2 Å². The van der Waals surface area contributed by atoms with Crippen molar-refractivity contribution in [3.8, 4) is 10.9 Å². The third kappa shape index (κ3) is 3.97. The Morgan fingerprint density at radius 1 is 1.11 bits per heavy atom. The lowest BCUT2D eigenvalue weighted by molar-refractivity contribution is 0.0595. The maximum atomic E-state index is 12.8. The number of carbonyl (C=O) groups excluding carboxylic acids is 1. The molecule has 0 unspecified atom stereocenters. The van der Waals surface area contributed by atoms with Gasteiger partial charge in [-0.25, -0.2) is 4.98 Å². The van der Waals surface area contributed by atoms with Crippen molar-refractivity contribution in [2.45, 2.75) is 32.8 Å². The van der Waals surface area contributed by atoms with E-state index >= 15 is 0 Å². The minimum atomic E-state index is 0.0887. The van der Waals surface area contributed by atoms with Crippen molar-refractivity contribution < 1.29 is 14.3 Å². The van der Waals surface area contributed by atoms with Gasteiger partial charge in [-0.05, 0) is 38.1 Å². The van der Waals surface area contributed by atoms with Gasteiger partial charge in [-0.1, -0.05) is 28.5 Å². The average Bonchev–Trinajstić information content (AvgIpc) is 3.08. The van der Waals surface area contributed by atoms with Crippen LogP contribution in [0.1, 0.15) is 34.3 Å². The monoisotopic (exact) mass is 396 g/mol. The van der Waals surface area contributed by atoms with E-state index < -0.39 is 0 Å². The minimum absolute atomic E-state index is 0.0887. The molecule has 28 heavy (non-hydrogen) atoms. The maximum Gasteiger partial charge on any atom is 0.274 e. The summed E-state index contributed by atoms with van der Waals surface area (Å²) in [5, 5.41) is 0.683. The summed E-state index contributed by atoms with van der Waals surface area (Å²) in [6.45, 7) is 5.46. The Kier molecular flexibility index (Phi) is 5.22. The molecule has 146 valence electrons. The predicted molar refractivity (Wildman–Crippen MR) is 112 cm³/mol. The fourth-order valence-corrected chi connectivity index (χ4v) is 4.53. The van der Waals surface area contributed by atoms with Crippen molar-refractivity contribution in [2.24, 2.45) is 0 Å². The fraction of sp³-hybridized carbons (Fsp3) is 0.364. The van der Waals surface area contributed by atoms with Crippen LogP contribution in [0.15, 0.2) is 36.4 Å². The number of thiazole rings is 1. The second-order valence-electron chi connectivity index (χ2n) is 7.30. The Balaban J connectivity index is 1.38. The number of aryl methyl sites for hydroxylation is 2. The summed E-state index contributed by atoms with van der Waals surface area (Å²) in [6, 6.07) is 11.9. The molecule has 1 aliphatic rings. The van der Waals surface area contributed by atoms with Crippen LogP contribution in [0.25, 0.3) is 10.2 Å². The van der Waals surface area contributed by atoms with Crippen LogP contribution in [-0.4, -0.2) is 42.1 Å². The number of fused-ring (bicyclic) bond motifs is 1. The minimum Gasteiger partial charge on any atom is -0.497 e. The third-order valence-electron chi connectivity index (χ3n) is 5.04. The molecule has 1 saturated heterocycles. The number of nitrogens with zero attached hydrogens (tertiary/aromatic N) is 2. The Hall–Kier alpha value is -2.60. The van der Waals surface area contributed by atoms with Crippen molar-refractivity contribution in [1.82, 2.24) is 9.88 Å². The number of methoxy groups -OCH3 is 1. The van der Waals surface area contributed by atoms with E-state index in [-0.39, 0.29) is 12.0 Å². The fourth-order valence-electron chi connectivity index (χ4n) is 3.66. The Morgan fingerprint density at radius 3 is 2.50 bits per heavy atom. The molecule has 3 aromatic rings. The highest BCUT2D eigenvalue weighted by Crippen LogP contribution is 2.32. The van der Waals surface area contributed by atoms with E-state index in [1.54, 1.807) is 18.4 Å². The zero-order chi connectivity index (χ0) is 19.7. The van der Waals surface area contributed by atoms with E-state index in [0.29, 0.717) is 18.3 Å². The lowest BCUT2D eigenvalue weighted by Crippen LogP contribution is -2.41. The van der Waals surface area contributed by atoms with Crippen LogP contribution in [0.2, 0.25) is 0 Å². The number of hydrogen-bond acceptors (Lipinski definition) is 5. The number of carbonyl (C=O) groups is 1. The first-order chi connectivity index (χ1) is 13.5. The van der Waals surface area contributed by atoms with Crippen LogP contribution in [0, 0.1) is 13.8 Å². The van der Waals surface area contributed by atoms with Gasteiger partial charge in [0.2, 0.25) is 0 Å². The molecule has 1 aromatic heterocycles. The van der Waals surface area contributed by atoms with Gasteiger partial charge in [-0.3, -0.25) is 4.79 Å². The van der Waals surface area contributed by atoms with Crippen LogP contribution in [0.4, 0.5) is 0 Å². The zero-order valence-electron chi connectivity index (χ0n) is 16.4. The molecule has 2 heterocycles. The molecule has 0 saturated carbocycles. The number of aromatic nitrogens is 1. The number of amides is 1. The number of rotatable bonds is 4. The van der Waals surface area contributed by atoms with Gasteiger partial charge in [-0.15, -0.1) is 0 Å². The average molecular weight is 397 g/mol. The molecule has 0 atom stereocenters. The lowest BCUT2D eigenvalue weighted by Gasteiger charge is -2.31. The van der Waals surface area contributed by atoms with Crippen molar-refractivity contribution in [3.63, 3.8) is 0 Å². The van der Waals surface area contributed by atoms with E-state index in [4.69, 9.17) is 9.47 Å². The van der Waals surface area contributed by atoms with Gasteiger partial charge < -0.3 is 14.4 Å². The first-order valence-corrected chi connectivity index (χ1v) is 10.3. The second-order valence-corrected chi connectivity index (χ2v) is 8.29. The molecule has 4 rings (SSSR count). The van der Waals surface area contributed by atoms with Crippen molar-refractivity contribution in [3.05, 3.63) is 53.1 Å². The van der Waals surface area contributed by atoms with Crippen molar-refractivity contribution in [1.29, 1.82) is 0 Å². The summed E-state index contributed by atoms with van der Waals surface area (Å²) >= 11 is 1.55. The summed E-state index contributed by atoms with van der Waals surface area (Å²) in [5.74, 6) is 0.903. The SMILES string of the molecule is COc1ccc2sc(OC3CCN(C(=O)c4cc(C)cc(C)c4)CC3)nc2c1. The van der Waals surface area contributed by atoms with E-state index in [1.165, 1.54) is 0 Å². The van der Waals surface area contributed by atoms with Crippen molar-refractivity contribution >= 4 is 27.5 Å². The van der Waals surface area contributed by atoms with Gasteiger partial charge in [0.05, 0.1) is 17.3 Å². The molecule has 2 aromatic carbocycles. The van der Waals surface area contributed by atoms with Crippen LogP contribution < -0.4 is 9.47 Å². The third-order valence-corrected chi connectivity index (χ3v) is 5.97. The topological polar surface area (TPSA) is 51.7 Å². The molecule has 0 aliphatic carbocycles. The molecular formula is C22H24N2O3S. The van der Waals surface area contributed by atoms with Gasteiger partial charge in [0.15, 0.2) is 0 Å². The summed E-state index contributed by atoms with van der Waals surface area (Å²) in [4.78, 5) is 19.3. The Labute approximate surface area is 168 Å². The standard InChI is InChI=1S/C22H24N2O3S/c1-14-10-15(2)12-16(11-14)21(25)24-8-6-17(7-9-24)27-22-23-19-13-18(26-3)4-5-20(19)28-22/h4-5,10-13,17H,6-9H2,1-3H3. The molecule has 5 nitrogen and oxygen atoms in total. The summed E-state index contributed by atoms with van der Waals surface area (Å²) in [6.07, 6.45) is 1.72. The number of benzene rings is 2. The highest BCUT2D eigenvalue weighted by atomic mass is 32.1. The number of likely N-dealkylation sites (tertiary alicyclic amines) is 1. The van der Waals surface area contributed by atoms with E-state index in [1.807, 2.05) is 49.1 Å². The highest BCUT2D eigenvalue weighted by Gasteiger charge is 2.25. The molecular weight excluding hydrogens is 372 g/mol. The van der Waals surface area contributed by atoms with Crippen LogP contribution >= 0.6 is 11.3 Å². The first-order valence-electron chi connectivity index (χ1n) is 9.50. The van der Waals surface area contributed by atoms with Crippen LogP contribution in [-0.2, 0) is 0 Å². The molecule has 6 heteroatoms. The summed E-state index contributed by atoms with van der Waals surface area (Å²) < 4.78 is 12.4. The molecule has 1 fully saturated rings. The maximum absolute atomic E-state index is 12.8. The Morgan fingerprint density at radius 2 is 1.82 bits per heavy atom. The normalized spacial score (nSPS) is 15.0. The van der Waals surface area contributed by atoms with E-state index in [9.17, 15) is 4.79 Å². The number of hydrogen-bond donors (Lipinski definition) is 0. The van der Waals surface area contributed by atoms with E-state index in [2.05, 4.69) is 11.1 Å². The van der Waals surface area contributed by atoms with Crippen LogP contribution in [0.3, 0.4) is 0 Å². The largest absolute Gasteiger partial charge is 0.497 e. The summed E-state index contributed by atoms with van der Waals surface area (Å²) in [5.41, 5.74) is 3.90. The lowest BCUT2D eigenvalue weighted by atomic mass is 10.0. The zero-order valence-corrected chi connectivity index (χ0v) is 17.2. The number of ether oxygens (including phenoxy) is 2. The van der Waals surface area contributed by atoms with E-state index in [0.717, 1.165) is 45.5 Å². The van der Waals surface area contributed by atoms with Crippen LogP contribution in [0.5, 0.6) is 10.9 Å². The molecule has 0 spiro atoms. The molecule has 0 N–H and O–H groups in total. The highest BCUT2D eigenvalue weighted by molar-refractivity contribution is 7.20. The molecule has 0 radical (unpaired) electrons. The van der Waals surface area contributed by atoms with Gasteiger partial charge in [0.1, 0.15) is 11.9 Å². The molecule has 1 amide bonds. The van der Waals surface area contributed by atoms with Gasteiger partial charge in [-0.2, -0.15) is 0 Å². The second kappa shape index (κ2) is 7.80. The van der Waals surface area contributed by atoms with Gasteiger partial charge in [0.25, 0.3) is 11.1 Å². The number of piperidine rings is 1. The van der Waals surface area contributed by atoms with Gasteiger partial charge in [0, 0.05) is 37.6 Å². The first kappa shape index (κ1) is 18.7. The Bertz CT molecular complexity index is 986. The molecule has 0 bridgehead atoms. The summed E-state index contributed by atoms with van der Waals surface area (Å²) in [7, 11) is 1.65. The smallest absolute Gasteiger partial charge is 0.274 e. The quantitative estimate of drug-likeness (QED) is 0.646. The van der Waals surface area contributed by atoms with Gasteiger partial charge >= 0.3 is 0 Å². The predicted octanol–water partition coefficient (Wildman–Crippen LogP) is 4.61. The molecule has 1 aliphatic heterocycles.